The van der Waals surface area contributed by atoms with E-state index in [-0.39, 0.29) is 10.6 Å². The Morgan fingerprint density at radius 1 is 1.43 bits per heavy atom. The van der Waals surface area contributed by atoms with E-state index in [0.29, 0.717) is 17.1 Å². The lowest BCUT2D eigenvalue weighted by Crippen LogP contribution is -2.45. The minimum atomic E-state index is -0.370. The van der Waals surface area contributed by atoms with Crippen LogP contribution in [-0.4, -0.2) is 61.0 Å². The topological polar surface area (TPSA) is 61.6 Å². The fourth-order valence-corrected chi connectivity index (χ4v) is 2.70. The summed E-state index contributed by atoms with van der Waals surface area (Å²) in [5.41, 5.74) is 0.684. The molecule has 0 bridgehead atoms. The normalized spacial score (nSPS) is 16.3. The van der Waals surface area contributed by atoms with Crippen molar-refractivity contribution >= 4 is 17.3 Å². The van der Waals surface area contributed by atoms with Crippen molar-refractivity contribution in [3.05, 3.63) is 38.9 Å². The van der Waals surface area contributed by atoms with Crippen molar-refractivity contribution in [3.8, 4) is 0 Å². The summed E-state index contributed by atoms with van der Waals surface area (Å²) in [6, 6.07) is 4.82. The van der Waals surface area contributed by atoms with Crippen LogP contribution >= 0.6 is 11.6 Å². The van der Waals surface area contributed by atoms with E-state index in [4.69, 9.17) is 11.6 Å². The zero-order valence-corrected chi connectivity index (χ0v) is 13.0. The Morgan fingerprint density at radius 3 is 2.81 bits per heavy atom. The summed E-state index contributed by atoms with van der Waals surface area (Å²) in [5.74, 6) is 0. The monoisotopic (exact) mass is 312 g/mol. The summed E-state index contributed by atoms with van der Waals surface area (Å²) >= 11 is 6.12. The molecule has 116 valence electrons. The molecule has 6 nitrogen and oxygen atoms in total. The molecule has 0 spiro atoms. The lowest BCUT2D eigenvalue weighted by Gasteiger charge is -2.29. The van der Waals surface area contributed by atoms with Crippen molar-refractivity contribution in [1.82, 2.24) is 15.1 Å². The second-order valence-electron chi connectivity index (χ2n) is 5.32. The molecule has 1 heterocycles. The van der Waals surface area contributed by atoms with Crippen molar-refractivity contribution in [2.75, 3.05) is 46.3 Å². The highest BCUT2D eigenvalue weighted by atomic mass is 35.5. The summed E-state index contributed by atoms with van der Waals surface area (Å²) in [4.78, 5) is 15.2. The highest BCUT2D eigenvalue weighted by molar-refractivity contribution is 6.31. The van der Waals surface area contributed by atoms with Gasteiger partial charge in [-0.25, -0.2) is 0 Å². The Balaban J connectivity index is 1.92. The maximum atomic E-state index is 11.1. The molecular formula is C14H21ClN4O2. The summed E-state index contributed by atoms with van der Waals surface area (Å²) in [5, 5.41) is 14.9. The Bertz CT molecular complexity index is 492. The second-order valence-corrected chi connectivity index (χ2v) is 5.73. The molecule has 0 radical (unpaired) electrons. The number of hydrogen-bond donors (Lipinski definition) is 1. The van der Waals surface area contributed by atoms with Crippen LogP contribution in [0.4, 0.5) is 5.69 Å². The molecule has 0 aromatic heterocycles. The first-order valence-electron chi connectivity index (χ1n) is 7.11. The lowest BCUT2D eigenvalue weighted by atomic mass is 10.1. The molecule has 21 heavy (non-hydrogen) atoms. The van der Waals surface area contributed by atoms with Gasteiger partial charge in [-0.2, -0.15) is 0 Å². The number of nitro groups is 1. The second kappa shape index (κ2) is 7.70. The number of halogens is 1. The molecule has 2 rings (SSSR count). The molecule has 0 aliphatic carbocycles. The smallest absolute Gasteiger partial charge is 0.275 e. The quantitative estimate of drug-likeness (QED) is 0.638. The molecule has 1 aliphatic rings. The molecule has 1 fully saturated rings. The van der Waals surface area contributed by atoms with Gasteiger partial charge in [0.2, 0.25) is 0 Å². The number of likely N-dealkylation sites (N-methyl/N-ethyl adjacent to an activating group) is 1. The van der Waals surface area contributed by atoms with E-state index in [2.05, 4.69) is 15.1 Å². The molecule has 1 aromatic rings. The first-order chi connectivity index (χ1) is 10.1. The molecule has 0 unspecified atom stereocenters. The van der Waals surface area contributed by atoms with Gasteiger partial charge in [0.15, 0.2) is 0 Å². The van der Waals surface area contributed by atoms with E-state index in [1.807, 2.05) is 7.05 Å². The first kappa shape index (κ1) is 16.2. The van der Waals surface area contributed by atoms with E-state index in [1.165, 1.54) is 6.07 Å². The number of piperazine rings is 1. The Kier molecular flexibility index (Phi) is 5.93. The molecular weight excluding hydrogens is 292 g/mol. The molecule has 0 saturated carbocycles. The van der Waals surface area contributed by atoms with Gasteiger partial charge in [0, 0.05) is 51.9 Å². The van der Waals surface area contributed by atoms with E-state index in [0.717, 1.165) is 39.3 Å². The van der Waals surface area contributed by atoms with Crippen LogP contribution in [0.25, 0.3) is 0 Å². The highest BCUT2D eigenvalue weighted by Crippen LogP contribution is 2.27. The molecule has 7 heteroatoms. The van der Waals surface area contributed by atoms with Crippen LogP contribution in [0.5, 0.6) is 0 Å². The van der Waals surface area contributed by atoms with Gasteiger partial charge in [-0.3, -0.25) is 15.0 Å². The van der Waals surface area contributed by atoms with Crippen LogP contribution in [0, 0.1) is 10.1 Å². The average molecular weight is 313 g/mol. The minimum absolute atomic E-state index is 0.0940. The Labute approximate surface area is 129 Å². The van der Waals surface area contributed by atoms with E-state index in [9.17, 15) is 10.1 Å². The van der Waals surface area contributed by atoms with Crippen molar-refractivity contribution < 1.29 is 4.92 Å². The Hall–Kier alpha value is -1.21. The maximum Gasteiger partial charge on any atom is 0.275 e. The van der Waals surface area contributed by atoms with Gasteiger partial charge < -0.3 is 10.2 Å². The van der Waals surface area contributed by atoms with Gasteiger partial charge in [0.1, 0.15) is 0 Å². The van der Waals surface area contributed by atoms with Crippen LogP contribution in [0.3, 0.4) is 0 Å². The SMILES string of the molecule is CN(CCN1CCNCC1)Cc1c(Cl)cccc1[N+](=O)[O-]. The first-order valence-corrected chi connectivity index (χ1v) is 7.49. The van der Waals surface area contributed by atoms with Crippen LogP contribution < -0.4 is 5.32 Å². The number of hydrogen-bond acceptors (Lipinski definition) is 5. The predicted molar refractivity (Wildman–Crippen MR) is 83.8 cm³/mol. The van der Waals surface area contributed by atoms with E-state index < -0.39 is 0 Å². The standard InChI is InChI=1S/C14H21ClN4O2/c1-17(9-10-18-7-5-16-6-8-18)11-12-13(15)3-2-4-14(12)19(20)21/h2-4,16H,5-11H2,1H3. The summed E-state index contributed by atoms with van der Waals surface area (Å²) < 4.78 is 0. The van der Waals surface area contributed by atoms with Gasteiger partial charge in [0.05, 0.1) is 15.5 Å². The number of nitrogens with one attached hydrogen (secondary N) is 1. The summed E-state index contributed by atoms with van der Waals surface area (Å²) in [7, 11) is 1.97. The fourth-order valence-electron chi connectivity index (χ4n) is 2.47. The molecule has 1 N–H and O–H groups in total. The van der Waals surface area contributed by atoms with Crippen LogP contribution in [0.15, 0.2) is 18.2 Å². The van der Waals surface area contributed by atoms with Crippen LogP contribution in [-0.2, 0) is 6.54 Å². The van der Waals surface area contributed by atoms with Gasteiger partial charge in [0.25, 0.3) is 5.69 Å². The molecule has 1 saturated heterocycles. The molecule has 0 atom stereocenters. The number of rotatable bonds is 6. The van der Waals surface area contributed by atoms with Gasteiger partial charge in [-0.15, -0.1) is 0 Å². The van der Waals surface area contributed by atoms with Crippen LogP contribution in [0.1, 0.15) is 5.56 Å². The van der Waals surface area contributed by atoms with E-state index in [1.54, 1.807) is 12.1 Å². The third kappa shape index (κ3) is 4.64. The molecule has 1 aromatic carbocycles. The van der Waals surface area contributed by atoms with E-state index >= 15 is 0 Å². The van der Waals surface area contributed by atoms with Crippen molar-refractivity contribution in [2.24, 2.45) is 0 Å². The summed E-state index contributed by atoms with van der Waals surface area (Å²) in [6.45, 7) is 6.49. The van der Waals surface area contributed by atoms with Crippen LogP contribution in [0.2, 0.25) is 5.02 Å². The third-order valence-corrected chi connectivity index (χ3v) is 4.08. The van der Waals surface area contributed by atoms with Gasteiger partial charge in [-0.1, -0.05) is 17.7 Å². The van der Waals surface area contributed by atoms with Gasteiger partial charge >= 0.3 is 0 Å². The van der Waals surface area contributed by atoms with Gasteiger partial charge in [-0.05, 0) is 13.1 Å². The number of benzene rings is 1. The zero-order valence-electron chi connectivity index (χ0n) is 12.2. The zero-order chi connectivity index (χ0) is 15.2. The largest absolute Gasteiger partial charge is 0.314 e. The van der Waals surface area contributed by atoms with Crippen molar-refractivity contribution in [2.45, 2.75) is 6.54 Å². The predicted octanol–water partition coefficient (Wildman–Crippen LogP) is 1.59. The Morgan fingerprint density at radius 2 is 2.14 bits per heavy atom. The molecule has 1 aliphatic heterocycles. The number of nitrogens with zero attached hydrogens (tertiary/aromatic N) is 3. The maximum absolute atomic E-state index is 11.1. The van der Waals surface area contributed by atoms with Crippen molar-refractivity contribution in [3.63, 3.8) is 0 Å². The highest BCUT2D eigenvalue weighted by Gasteiger charge is 2.18. The fraction of sp³-hybridized carbons (Fsp3) is 0.571. The lowest BCUT2D eigenvalue weighted by molar-refractivity contribution is -0.385. The summed E-state index contributed by atoms with van der Waals surface area (Å²) in [6.07, 6.45) is 0. The molecule has 0 amide bonds. The average Bonchev–Trinajstić information content (AvgIpc) is 2.48. The number of nitro benzene ring substituents is 1. The minimum Gasteiger partial charge on any atom is -0.314 e. The third-order valence-electron chi connectivity index (χ3n) is 3.73. The van der Waals surface area contributed by atoms with Crippen molar-refractivity contribution in [1.29, 1.82) is 0 Å².